The molecule has 0 saturated heterocycles. The molecule has 0 spiro atoms. The van der Waals surface area contributed by atoms with Gasteiger partial charge in [-0.25, -0.2) is 9.37 Å². The van der Waals surface area contributed by atoms with Crippen molar-refractivity contribution in [3.63, 3.8) is 0 Å². The van der Waals surface area contributed by atoms with Gasteiger partial charge in [-0.3, -0.25) is 0 Å². The molecule has 0 radical (unpaired) electrons. The second kappa shape index (κ2) is 7.76. The van der Waals surface area contributed by atoms with Crippen LogP contribution in [0.4, 0.5) is 4.39 Å². The van der Waals surface area contributed by atoms with Crippen molar-refractivity contribution in [2.75, 3.05) is 6.61 Å². The molecule has 1 aromatic carbocycles. The first-order valence-corrected chi connectivity index (χ1v) is 9.20. The Morgan fingerprint density at radius 1 is 1.20 bits per heavy atom. The summed E-state index contributed by atoms with van der Waals surface area (Å²) in [5.41, 5.74) is 4.21. The first-order chi connectivity index (χ1) is 12.0. The van der Waals surface area contributed by atoms with Gasteiger partial charge < -0.3 is 4.74 Å². The van der Waals surface area contributed by atoms with Crippen LogP contribution in [0, 0.1) is 12.7 Å². The molecule has 1 aromatic heterocycles. The Balaban J connectivity index is 1.97. The molecule has 2 nitrogen and oxygen atoms in total. The summed E-state index contributed by atoms with van der Waals surface area (Å²) < 4.78 is 20.2. The molecule has 0 atom stereocenters. The fraction of sp³-hybridized carbons (Fsp3) is 0.350. The number of hydrogen-bond donors (Lipinski definition) is 0. The first-order valence-electron chi connectivity index (χ1n) is 8.44. The maximum absolute atomic E-state index is 14.5. The van der Waals surface area contributed by atoms with Crippen LogP contribution in [0.25, 0.3) is 11.1 Å². The quantitative estimate of drug-likeness (QED) is 0.420. The highest BCUT2D eigenvalue weighted by molar-refractivity contribution is 6.33. The lowest BCUT2D eigenvalue weighted by atomic mass is 9.97. The highest BCUT2D eigenvalue weighted by Crippen LogP contribution is 2.37. The zero-order chi connectivity index (χ0) is 18.0. The highest BCUT2D eigenvalue weighted by Gasteiger charge is 2.21. The number of aryl methyl sites for hydroxylation is 1. The van der Waals surface area contributed by atoms with Crippen molar-refractivity contribution < 1.29 is 9.13 Å². The minimum absolute atomic E-state index is 0.259. The van der Waals surface area contributed by atoms with Crippen molar-refractivity contribution in [1.29, 1.82) is 0 Å². The number of rotatable bonds is 6. The maximum atomic E-state index is 14.5. The van der Waals surface area contributed by atoms with E-state index in [2.05, 4.69) is 4.98 Å². The van der Waals surface area contributed by atoms with Gasteiger partial charge in [-0.05, 0) is 67.5 Å². The van der Waals surface area contributed by atoms with E-state index in [-0.39, 0.29) is 11.0 Å². The van der Waals surface area contributed by atoms with E-state index >= 15 is 0 Å². The van der Waals surface area contributed by atoms with E-state index in [0.29, 0.717) is 29.3 Å². The van der Waals surface area contributed by atoms with Crippen LogP contribution in [0.5, 0.6) is 0 Å². The van der Waals surface area contributed by atoms with Gasteiger partial charge in [0.15, 0.2) is 0 Å². The zero-order valence-corrected chi connectivity index (χ0v) is 15.8. The third-order valence-electron chi connectivity index (χ3n) is 4.27. The van der Waals surface area contributed by atoms with Gasteiger partial charge in [-0.2, -0.15) is 0 Å². The molecule has 3 rings (SSSR count). The number of nitrogens with zero attached hydrogens (tertiary/aromatic N) is 1. The molecular formula is C20H20Cl2FNO. The van der Waals surface area contributed by atoms with Gasteiger partial charge in [-0.1, -0.05) is 35.3 Å². The Kier molecular flexibility index (Phi) is 5.65. The van der Waals surface area contributed by atoms with E-state index in [1.54, 1.807) is 12.1 Å². The minimum atomic E-state index is -0.287. The van der Waals surface area contributed by atoms with E-state index < -0.39 is 0 Å². The zero-order valence-electron chi connectivity index (χ0n) is 14.3. The fourth-order valence-electron chi connectivity index (χ4n) is 2.93. The summed E-state index contributed by atoms with van der Waals surface area (Å²) in [6.45, 7) is 4.48. The molecule has 0 unspecified atom stereocenters. The Bertz CT molecular complexity index is 827. The largest absolute Gasteiger partial charge is 0.498 e. The Labute approximate surface area is 157 Å². The van der Waals surface area contributed by atoms with Crippen molar-refractivity contribution in [2.45, 2.75) is 39.5 Å². The molecule has 2 aromatic rings. The number of pyridine rings is 1. The highest BCUT2D eigenvalue weighted by atomic mass is 35.5. The summed E-state index contributed by atoms with van der Waals surface area (Å²) >= 11 is 12.4. The van der Waals surface area contributed by atoms with E-state index in [1.165, 1.54) is 11.6 Å². The summed E-state index contributed by atoms with van der Waals surface area (Å²) in [4.78, 5) is 4.14. The van der Waals surface area contributed by atoms with Gasteiger partial charge >= 0.3 is 0 Å². The Hall–Kier alpha value is -1.58. The lowest BCUT2D eigenvalue weighted by molar-refractivity contribution is 0.217. The van der Waals surface area contributed by atoms with Crippen LogP contribution in [0.2, 0.25) is 10.3 Å². The third-order valence-corrected chi connectivity index (χ3v) is 4.78. The maximum Gasteiger partial charge on any atom is 0.134 e. The Morgan fingerprint density at radius 2 is 1.96 bits per heavy atom. The normalized spacial score (nSPS) is 13.1. The Morgan fingerprint density at radius 3 is 2.60 bits per heavy atom. The predicted octanol–water partition coefficient (Wildman–Crippen LogP) is 6.52. The van der Waals surface area contributed by atoms with Crippen LogP contribution in [-0.2, 0) is 11.2 Å². The van der Waals surface area contributed by atoms with Gasteiger partial charge in [0.2, 0.25) is 0 Å². The smallest absolute Gasteiger partial charge is 0.134 e. The van der Waals surface area contributed by atoms with Gasteiger partial charge in [0.25, 0.3) is 0 Å². The van der Waals surface area contributed by atoms with E-state index in [9.17, 15) is 4.39 Å². The second-order valence-corrected chi connectivity index (χ2v) is 6.95. The van der Waals surface area contributed by atoms with Crippen LogP contribution < -0.4 is 0 Å². The molecule has 0 bridgehead atoms. The van der Waals surface area contributed by atoms with Crippen molar-refractivity contribution >= 4 is 23.2 Å². The molecule has 0 N–H and O–H groups in total. The number of benzene rings is 1. The minimum Gasteiger partial charge on any atom is -0.498 e. The van der Waals surface area contributed by atoms with Crippen molar-refractivity contribution in [2.24, 2.45) is 0 Å². The van der Waals surface area contributed by atoms with Gasteiger partial charge in [0, 0.05) is 12.0 Å². The first kappa shape index (κ1) is 18.2. The number of aromatic nitrogens is 1. The molecule has 1 saturated carbocycles. The van der Waals surface area contributed by atoms with E-state index in [0.717, 1.165) is 36.1 Å². The molecule has 25 heavy (non-hydrogen) atoms. The number of hydrogen-bond acceptors (Lipinski definition) is 2. The monoisotopic (exact) mass is 379 g/mol. The average Bonchev–Trinajstić information content (AvgIpc) is 3.37. The topological polar surface area (TPSA) is 22.1 Å². The predicted molar refractivity (Wildman–Crippen MR) is 101 cm³/mol. The van der Waals surface area contributed by atoms with E-state index in [1.807, 2.05) is 19.9 Å². The van der Waals surface area contributed by atoms with Gasteiger partial charge in [0.05, 0.1) is 12.4 Å². The molecule has 5 heteroatoms. The van der Waals surface area contributed by atoms with Crippen LogP contribution >= 0.6 is 23.2 Å². The van der Waals surface area contributed by atoms with Crippen LogP contribution in [0.1, 0.15) is 37.3 Å². The average molecular weight is 380 g/mol. The van der Waals surface area contributed by atoms with Crippen molar-refractivity contribution in [3.8, 4) is 11.1 Å². The second-order valence-electron chi connectivity index (χ2n) is 6.20. The summed E-state index contributed by atoms with van der Waals surface area (Å²) in [7, 11) is 0. The van der Waals surface area contributed by atoms with Crippen molar-refractivity contribution in [1.82, 2.24) is 4.98 Å². The molecule has 1 aliphatic carbocycles. The summed E-state index contributed by atoms with van der Waals surface area (Å²) in [6, 6.07) is 6.83. The van der Waals surface area contributed by atoms with Crippen molar-refractivity contribution in [3.05, 3.63) is 62.8 Å². The van der Waals surface area contributed by atoms with E-state index in [4.69, 9.17) is 27.9 Å². The molecule has 132 valence electrons. The summed E-state index contributed by atoms with van der Waals surface area (Å²) in [6.07, 6.45) is 3.56. The van der Waals surface area contributed by atoms with Gasteiger partial charge in [0.1, 0.15) is 16.1 Å². The molecular weight excluding hydrogens is 360 g/mol. The van der Waals surface area contributed by atoms with Crippen LogP contribution in [-0.4, -0.2) is 11.6 Å². The molecule has 0 amide bonds. The number of allylic oxidation sites excluding steroid dienone is 2. The van der Waals surface area contributed by atoms with Gasteiger partial charge in [-0.15, -0.1) is 0 Å². The number of halogens is 3. The standard InChI is InChI=1S/C20H20Cl2FNO/c1-3-25-18(13-5-6-13)9-8-15-16(11-19(21)24-20(15)22)14-7-4-12(2)10-17(14)23/h4,7,10-11H,3,5-6,8-9H2,1-2H3. The third kappa shape index (κ3) is 4.34. The summed E-state index contributed by atoms with van der Waals surface area (Å²) in [5, 5.41) is 0.577. The number of ether oxygens (including phenoxy) is 1. The van der Waals surface area contributed by atoms with Crippen LogP contribution in [0.3, 0.4) is 0 Å². The SMILES string of the molecule is CCOC(CCc1c(-c2ccc(C)cc2F)cc(Cl)nc1Cl)=C1CC1. The summed E-state index contributed by atoms with van der Waals surface area (Å²) in [5.74, 6) is 0.744. The molecule has 1 heterocycles. The molecule has 0 aliphatic heterocycles. The fourth-order valence-corrected chi connectivity index (χ4v) is 3.46. The van der Waals surface area contributed by atoms with Crippen LogP contribution in [0.15, 0.2) is 35.6 Å². The lowest BCUT2D eigenvalue weighted by Gasteiger charge is -2.14. The molecule has 1 fully saturated rings. The molecule has 1 aliphatic rings. The lowest BCUT2D eigenvalue weighted by Crippen LogP contribution is -2.00.